The van der Waals surface area contributed by atoms with Crippen LogP contribution in [-0.2, 0) is 0 Å². The van der Waals surface area contributed by atoms with Crippen LogP contribution < -0.4 is 0 Å². The predicted molar refractivity (Wildman–Crippen MR) is 58.5 cm³/mol. The standard InChI is InChI=1S/C10H7BrClNO/c1-6(12)10(14)7-2-3-8(5-13)9(11)4-7/h2-4,6H,1H3. The van der Waals surface area contributed by atoms with E-state index in [9.17, 15) is 4.79 Å². The number of carbonyl (C=O) groups excluding carboxylic acids is 1. The van der Waals surface area contributed by atoms with Gasteiger partial charge < -0.3 is 0 Å². The van der Waals surface area contributed by atoms with Crippen molar-refractivity contribution in [2.45, 2.75) is 12.3 Å². The molecule has 0 heterocycles. The first-order chi connectivity index (χ1) is 6.56. The zero-order chi connectivity index (χ0) is 10.7. The van der Waals surface area contributed by atoms with Crippen LogP contribution in [0.25, 0.3) is 0 Å². The molecule has 2 nitrogen and oxygen atoms in total. The third kappa shape index (κ3) is 2.34. The van der Waals surface area contributed by atoms with Gasteiger partial charge in [-0.1, -0.05) is 0 Å². The SMILES string of the molecule is CC(Cl)C(=O)c1ccc(C#N)c(Br)c1. The first-order valence-corrected chi connectivity index (χ1v) is 5.17. The molecule has 72 valence electrons. The van der Waals surface area contributed by atoms with Crippen molar-refractivity contribution < 1.29 is 4.79 Å². The maximum absolute atomic E-state index is 11.5. The highest BCUT2D eigenvalue weighted by atomic mass is 79.9. The zero-order valence-corrected chi connectivity index (χ0v) is 9.76. The Hall–Kier alpha value is -0.850. The smallest absolute Gasteiger partial charge is 0.180 e. The molecule has 0 aliphatic heterocycles. The van der Waals surface area contributed by atoms with Crippen molar-refractivity contribution in [3.63, 3.8) is 0 Å². The Labute approximate surface area is 95.6 Å². The van der Waals surface area contributed by atoms with Crippen LogP contribution >= 0.6 is 27.5 Å². The summed E-state index contributed by atoms with van der Waals surface area (Å²) < 4.78 is 0.614. The molecule has 0 aliphatic carbocycles. The normalized spacial score (nSPS) is 11.9. The topological polar surface area (TPSA) is 40.9 Å². The second-order valence-electron chi connectivity index (χ2n) is 2.79. The molecule has 0 aliphatic rings. The largest absolute Gasteiger partial charge is 0.293 e. The van der Waals surface area contributed by atoms with Gasteiger partial charge in [0.15, 0.2) is 5.78 Å². The number of nitriles is 1. The van der Waals surface area contributed by atoms with Gasteiger partial charge >= 0.3 is 0 Å². The summed E-state index contributed by atoms with van der Waals surface area (Å²) in [7, 11) is 0. The first kappa shape index (κ1) is 11.2. The van der Waals surface area contributed by atoms with Gasteiger partial charge in [-0.3, -0.25) is 4.79 Å². The molecular weight excluding hydrogens is 265 g/mol. The Balaban J connectivity index is 3.11. The fourth-order valence-corrected chi connectivity index (χ4v) is 1.58. The average Bonchev–Trinajstić information content (AvgIpc) is 2.16. The lowest BCUT2D eigenvalue weighted by atomic mass is 10.1. The third-order valence-electron chi connectivity index (χ3n) is 1.74. The van der Waals surface area contributed by atoms with Crippen LogP contribution in [0.15, 0.2) is 22.7 Å². The quantitative estimate of drug-likeness (QED) is 0.613. The highest BCUT2D eigenvalue weighted by Crippen LogP contribution is 2.19. The number of halogens is 2. The van der Waals surface area contributed by atoms with E-state index in [2.05, 4.69) is 15.9 Å². The van der Waals surface area contributed by atoms with Crippen LogP contribution in [0.2, 0.25) is 0 Å². The van der Waals surface area contributed by atoms with Gasteiger partial charge in [-0.05, 0) is 41.1 Å². The summed E-state index contributed by atoms with van der Waals surface area (Å²) in [6.07, 6.45) is 0. The van der Waals surface area contributed by atoms with Crippen molar-refractivity contribution in [2.75, 3.05) is 0 Å². The predicted octanol–water partition coefficient (Wildman–Crippen LogP) is 3.13. The lowest BCUT2D eigenvalue weighted by Crippen LogP contribution is -2.10. The summed E-state index contributed by atoms with van der Waals surface area (Å²) in [5.74, 6) is -0.142. The monoisotopic (exact) mass is 271 g/mol. The number of nitrogens with zero attached hydrogens (tertiary/aromatic N) is 1. The molecule has 1 atom stereocenters. The van der Waals surface area contributed by atoms with E-state index in [0.29, 0.717) is 15.6 Å². The van der Waals surface area contributed by atoms with E-state index < -0.39 is 5.38 Å². The molecule has 0 saturated heterocycles. The molecular formula is C10H7BrClNO. The van der Waals surface area contributed by atoms with Gasteiger partial charge in [0.1, 0.15) is 6.07 Å². The Bertz CT molecular complexity index is 409. The van der Waals surface area contributed by atoms with E-state index in [1.807, 2.05) is 6.07 Å². The van der Waals surface area contributed by atoms with Crippen LogP contribution in [0, 0.1) is 11.3 Å². The third-order valence-corrected chi connectivity index (χ3v) is 2.59. The van der Waals surface area contributed by atoms with Crippen molar-refractivity contribution in [1.29, 1.82) is 5.26 Å². The van der Waals surface area contributed by atoms with Crippen LogP contribution in [0.3, 0.4) is 0 Å². The molecule has 0 N–H and O–H groups in total. The van der Waals surface area contributed by atoms with Crippen molar-refractivity contribution in [3.05, 3.63) is 33.8 Å². The fourth-order valence-electron chi connectivity index (χ4n) is 0.989. The Morgan fingerprint density at radius 1 is 1.64 bits per heavy atom. The zero-order valence-electron chi connectivity index (χ0n) is 7.42. The highest BCUT2D eigenvalue weighted by Gasteiger charge is 2.13. The van der Waals surface area contributed by atoms with Crippen molar-refractivity contribution in [2.24, 2.45) is 0 Å². The molecule has 0 amide bonds. The van der Waals surface area contributed by atoms with Crippen LogP contribution in [0.1, 0.15) is 22.8 Å². The Morgan fingerprint density at radius 2 is 2.29 bits per heavy atom. The Kier molecular flexibility index (Phi) is 3.68. The fraction of sp³-hybridized carbons (Fsp3) is 0.200. The number of hydrogen-bond acceptors (Lipinski definition) is 2. The van der Waals surface area contributed by atoms with Gasteiger partial charge in [-0.25, -0.2) is 0 Å². The van der Waals surface area contributed by atoms with E-state index in [0.717, 1.165) is 0 Å². The Morgan fingerprint density at radius 3 is 2.71 bits per heavy atom. The number of benzene rings is 1. The molecule has 0 radical (unpaired) electrons. The van der Waals surface area contributed by atoms with Gasteiger partial charge in [-0.15, -0.1) is 11.6 Å². The van der Waals surface area contributed by atoms with E-state index in [-0.39, 0.29) is 5.78 Å². The minimum absolute atomic E-state index is 0.142. The molecule has 1 aromatic rings. The molecule has 0 aromatic heterocycles. The molecule has 0 saturated carbocycles. The highest BCUT2D eigenvalue weighted by molar-refractivity contribution is 9.10. The van der Waals surface area contributed by atoms with Crippen LogP contribution in [-0.4, -0.2) is 11.2 Å². The molecule has 1 aromatic carbocycles. The second-order valence-corrected chi connectivity index (χ2v) is 4.30. The molecule has 4 heteroatoms. The lowest BCUT2D eigenvalue weighted by Gasteiger charge is -2.03. The van der Waals surface area contributed by atoms with E-state index in [4.69, 9.17) is 16.9 Å². The minimum Gasteiger partial charge on any atom is -0.293 e. The van der Waals surface area contributed by atoms with Gasteiger partial charge in [0.2, 0.25) is 0 Å². The number of hydrogen-bond donors (Lipinski definition) is 0. The minimum atomic E-state index is -0.546. The van der Waals surface area contributed by atoms with Gasteiger partial charge in [0.05, 0.1) is 10.9 Å². The van der Waals surface area contributed by atoms with E-state index >= 15 is 0 Å². The summed E-state index contributed by atoms with van der Waals surface area (Å²) in [6, 6.07) is 6.81. The second kappa shape index (κ2) is 4.59. The van der Waals surface area contributed by atoms with E-state index in [1.165, 1.54) is 0 Å². The van der Waals surface area contributed by atoms with Crippen molar-refractivity contribution in [1.82, 2.24) is 0 Å². The average molecular weight is 273 g/mol. The summed E-state index contributed by atoms with van der Waals surface area (Å²) in [5.41, 5.74) is 1.02. The number of alkyl halides is 1. The lowest BCUT2D eigenvalue weighted by molar-refractivity contribution is 0.0991. The molecule has 0 spiro atoms. The molecule has 1 unspecified atom stereocenters. The van der Waals surface area contributed by atoms with Gasteiger partial charge in [0, 0.05) is 10.0 Å². The number of rotatable bonds is 2. The number of ketones is 1. The maximum Gasteiger partial charge on any atom is 0.180 e. The summed E-state index contributed by atoms with van der Waals surface area (Å²) in [5, 5.41) is 8.12. The first-order valence-electron chi connectivity index (χ1n) is 3.94. The van der Waals surface area contributed by atoms with Gasteiger partial charge in [0.25, 0.3) is 0 Å². The molecule has 14 heavy (non-hydrogen) atoms. The van der Waals surface area contributed by atoms with Crippen molar-refractivity contribution >= 4 is 33.3 Å². The van der Waals surface area contributed by atoms with Gasteiger partial charge in [-0.2, -0.15) is 5.26 Å². The van der Waals surface area contributed by atoms with E-state index in [1.54, 1.807) is 25.1 Å². The molecule has 0 fully saturated rings. The molecule has 1 rings (SSSR count). The number of carbonyl (C=O) groups is 1. The molecule has 0 bridgehead atoms. The maximum atomic E-state index is 11.5. The summed E-state index contributed by atoms with van der Waals surface area (Å²) in [4.78, 5) is 11.5. The summed E-state index contributed by atoms with van der Waals surface area (Å²) >= 11 is 8.87. The van der Waals surface area contributed by atoms with Crippen LogP contribution in [0.4, 0.5) is 0 Å². The van der Waals surface area contributed by atoms with Crippen LogP contribution in [0.5, 0.6) is 0 Å². The summed E-state index contributed by atoms with van der Waals surface area (Å²) in [6.45, 7) is 1.62. The van der Waals surface area contributed by atoms with Crippen molar-refractivity contribution in [3.8, 4) is 6.07 Å². The number of Topliss-reactive ketones (excluding diaryl/α,β-unsaturated/α-hetero) is 1.